The maximum Gasteiger partial charge on any atom is 0.117 e. The quantitative estimate of drug-likeness (QED) is 0.557. The van der Waals surface area contributed by atoms with Gasteiger partial charge >= 0.3 is 0 Å². The van der Waals surface area contributed by atoms with Crippen LogP contribution in [0.3, 0.4) is 0 Å². The molecular weight excluding hydrogens is 232 g/mol. The fourth-order valence-corrected chi connectivity index (χ4v) is 1.86. The van der Waals surface area contributed by atoms with E-state index in [1.165, 1.54) is 0 Å². The number of para-hydroxylation sites is 1. The van der Waals surface area contributed by atoms with Gasteiger partial charge in [0.2, 0.25) is 0 Å². The van der Waals surface area contributed by atoms with E-state index >= 15 is 0 Å². The van der Waals surface area contributed by atoms with Crippen molar-refractivity contribution in [3.05, 3.63) is 66.9 Å². The summed E-state index contributed by atoms with van der Waals surface area (Å²) < 4.78 is 0. The van der Waals surface area contributed by atoms with Gasteiger partial charge in [-0.25, -0.2) is 0 Å². The Morgan fingerprint density at radius 3 is 2.63 bits per heavy atom. The van der Waals surface area contributed by atoms with E-state index in [4.69, 9.17) is 0 Å². The summed E-state index contributed by atoms with van der Waals surface area (Å²) >= 11 is 0. The molecule has 0 saturated heterocycles. The molecule has 1 aromatic carbocycles. The highest BCUT2D eigenvalue weighted by molar-refractivity contribution is 5.54. The molecule has 0 bridgehead atoms. The zero-order chi connectivity index (χ0) is 14.1. The van der Waals surface area contributed by atoms with E-state index in [0.717, 1.165) is 12.1 Å². The summed E-state index contributed by atoms with van der Waals surface area (Å²) in [6.45, 7) is 5.74. The van der Waals surface area contributed by atoms with E-state index < -0.39 is 0 Å². The standard InChI is InChI=1S/C17H20N2/c1-4-9-15(10-5-2)13-17(14-18)19(3)16-11-7-6-8-12-16/h4-8,10-13,15H,1,9H2,2-3H3/b10-5+,17-13-. The molecular formula is C17H20N2. The van der Waals surface area contributed by atoms with Gasteiger partial charge < -0.3 is 4.90 Å². The first-order chi connectivity index (χ1) is 9.22. The van der Waals surface area contributed by atoms with Crippen molar-refractivity contribution in [2.75, 3.05) is 11.9 Å². The van der Waals surface area contributed by atoms with E-state index in [2.05, 4.69) is 18.7 Å². The molecule has 0 aliphatic rings. The van der Waals surface area contributed by atoms with Crippen LogP contribution in [0.4, 0.5) is 5.69 Å². The van der Waals surface area contributed by atoms with Gasteiger partial charge in [0.05, 0.1) is 0 Å². The Morgan fingerprint density at radius 1 is 1.42 bits per heavy atom. The normalized spacial score (nSPS) is 13.0. The Morgan fingerprint density at radius 2 is 2.11 bits per heavy atom. The lowest BCUT2D eigenvalue weighted by Crippen LogP contribution is -2.16. The van der Waals surface area contributed by atoms with Crippen molar-refractivity contribution in [3.63, 3.8) is 0 Å². The largest absolute Gasteiger partial charge is 0.336 e. The topological polar surface area (TPSA) is 27.0 Å². The molecule has 0 fully saturated rings. The third-order valence-electron chi connectivity index (χ3n) is 2.87. The number of anilines is 1. The number of benzene rings is 1. The molecule has 0 aliphatic heterocycles. The lowest BCUT2D eigenvalue weighted by atomic mass is 10.0. The van der Waals surface area contributed by atoms with Gasteiger partial charge in [0.1, 0.15) is 11.8 Å². The smallest absolute Gasteiger partial charge is 0.117 e. The molecule has 0 amide bonds. The fourth-order valence-electron chi connectivity index (χ4n) is 1.86. The third kappa shape index (κ3) is 4.48. The average Bonchev–Trinajstić information content (AvgIpc) is 2.45. The van der Waals surface area contributed by atoms with Crippen LogP contribution in [0.25, 0.3) is 0 Å². The van der Waals surface area contributed by atoms with Gasteiger partial charge in [-0.05, 0) is 31.6 Å². The second-order valence-corrected chi connectivity index (χ2v) is 4.27. The summed E-state index contributed by atoms with van der Waals surface area (Å²) in [4.78, 5) is 1.90. The van der Waals surface area contributed by atoms with Crippen LogP contribution in [0.1, 0.15) is 13.3 Å². The first-order valence-corrected chi connectivity index (χ1v) is 6.37. The molecule has 2 nitrogen and oxygen atoms in total. The summed E-state index contributed by atoms with van der Waals surface area (Å²) in [7, 11) is 1.91. The number of rotatable bonds is 6. The number of nitrogens with zero attached hydrogens (tertiary/aromatic N) is 2. The van der Waals surface area contributed by atoms with Crippen molar-refractivity contribution in [1.82, 2.24) is 0 Å². The van der Waals surface area contributed by atoms with E-state index in [1.54, 1.807) is 0 Å². The first-order valence-electron chi connectivity index (χ1n) is 6.37. The van der Waals surface area contributed by atoms with Gasteiger partial charge in [-0.2, -0.15) is 5.26 Å². The van der Waals surface area contributed by atoms with Crippen LogP contribution in [0.2, 0.25) is 0 Å². The highest BCUT2D eigenvalue weighted by Crippen LogP contribution is 2.19. The Balaban J connectivity index is 2.99. The van der Waals surface area contributed by atoms with E-state index in [0.29, 0.717) is 5.70 Å². The van der Waals surface area contributed by atoms with Gasteiger partial charge in [-0.15, -0.1) is 6.58 Å². The summed E-state index contributed by atoms with van der Waals surface area (Å²) in [6.07, 6.45) is 8.77. The van der Waals surface area contributed by atoms with Crippen molar-refractivity contribution in [1.29, 1.82) is 5.26 Å². The van der Waals surface area contributed by atoms with Gasteiger partial charge in [0.25, 0.3) is 0 Å². The van der Waals surface area contributed by atoms with Crippen LogP contribution in [-0.2, 0) is 0 Å². The summed E-state index contributed by atoms with van der Waals surface area (Å²) in [5, 5.41) is 9.33. The molecule has 0 heterocycles. The molecule has 0 aliphatic carbocycles. The molecule has 1 atom stereocenters. The predicted octanol–water partition coefficient (Wildman–Crippen LogP) is 4.30. The molecule has 1 aromatic rings. The lowest BCUT2D eigenvalue weighted by Gasteiger charge is -2.19. The predicted molar refractivity (Wildman–Crippen MR) is 81.7 cm³/mol. The SMILES string of the molecule is C=CCC(/C=C(/C#N)N(C)c1ccccc1)/C=C/C. The van der Waals surface area contributed by atoms with Crippen molar-refractivity contribution >= 4 is 5.69 Å². The average molecular weight is 252 g/mol. The minimum atomic E-state index is 0.211. The van der Waals surface area contributed by atoms with Gasteiger partial charge in [-0.3, -0.25) is 0 Å². The van der Waals surface area contributed by atoms with Crippen molar-refractivity contribution in [2.24, 2.45) is 5.92 Å². The monoisotopic (exact) mass is 252 g/mol. The molecule has 2 heteroatoms. The number of allylic oxidation sites excluding steroid dienone is 5. The highest BCUT2D eigenvalue weighted by atomic mass is 15.1. The van der Waals surface area contributed by atoms with Crippen LogP contribution >= 0.6 is 0 Å². The molecule has 1 rings (SSSR count). The van der Waals surface area contributed by atoms with E-state index in [-0.39, 0.29) is 5.92 Å². The Hall–Kier alpha value is -2.27. The number of nitriles is 1. The van der Waals surface area contributed by atoms with Crippen molar-refractivity contribution < 1.29 is 0 Å². The minimum Gasteiger partial charge on any atom is -0.336 e. The van der Waals surface area contributed by atoms with Gasteiger partial charge in [0.15, 0.2) is 0 Å². The summed E-state index contributed by atoms with van der Waals surface area (Å²) in [5.41, 5.74) is 1.66. The molecule has 1 unspecified atom stereocenters. The Labute approximate surface area is 116 Å². The van der Waals surface area contributed by atoms with E-state index in [9.17, 15) is 5.26 Å². The Kier molecular flexibility index (Phi) is 6.18. The van der Waals surface area contributed by atoms with Gasteiger partial charge in [0, 0.05) is 18.7 Å². The second kappa shape index (κ2) is 7.94. The zero-order valence-electron chi connectivity index (χ0n) is 11.6. The summed E-state index contributed by atoms with van der Waals surface area (Å²) in [6, 6.07) is 12.1. The van der Waals surface area contributed by atoms with Crippen molar-refractivity contribution in [2.45, 2.75) is 13.3 Å². The zero-order valence-corrected chi connectivity index (χ0v) is 11.6. The Bertz CT molecular complexity index is 492. The number of hydrogen-bond acceptors (Lipinski definition) is 2. The maximum absolute atomic E-state index is 9.33. The lowest BCUT2D eigenvalue weighted by molar-refractivity contribution is 0.821. The first kappa shape index (κ1) is 14.8. The second-order valence-electron chi connectivity index (χ2n) is 4.27. The molecule has 0 N–H and O–H groups in total. The fraction of sp³-hybridized carbons (Fsp3) is 0.235. The number of hydrogen-bond donors (Lipinski definition) is 0. The van der Waals surface area contributed by atoms with Crippen LogP contribution < -0.4 is 4.90 Å². The third-order valence-corrected chi connectivity index (χ3v) is 2.87. The molecule has 0 aromatic heterocycles. The van der Waals surface area contributed by atoms with Crippen LogP contribution in [-0.4, -0.2) is 7.05 Å². The van der Waals surface area contributed by atoms with Crippen molar-refractivity contribution in [3.8, 4) is 6.07 Å². The van der Waals surface area contributed by atoms with Crippen LogP contribution in [0, 0.1) is 17.2 Å². The molecule has 0 radical (unpaired) electrons. The maximum atomic E-state index is 9.33. The van der Waals surface area contributed by atoms with Crippen LogP contribution in [0.15, 0.2) is 66.9 Å². The molecule has 19 heavy (non-hydrogen) atoms. The van der Waals surface area contributed by atoms with E-state index in [1.807, 2.05) is 67.4 Å². The molecule has 0 saturated carbocycles. The molecule has 98 valence electrons. The molecule has 0 spiro atoms. The summed E-state index contributed by atoms with van der Waals surface area (Å²) in [5.74, 6) is 0.211. The highest BCUT2D eigenvalue weighted by Gasteiger charge is 2.08. The minimum absolute atomic E-state index is 0.211. The van der Waals surface area contributed by atoms with Crippen LogP contribution in [0.5, 0.6) is 0 Å². The van der Waals surface area contributed by atoms with Gasteiger partial charge in [-0.1, -0.05) is 36.4 Å².